The van der Waals surface area contributed by atoms with Gasteiger partial charge in [0.1, 0.15) is 0 Å². The maximum atomic E-state index is 9.65. The van der Waals surface area contributed by atoms with E-state index in [9.17, 15) is 5.26 Å². The third-order valence-electron chi connectivity index (χ3n) is 6.01. The lowest BCUT2D eigenvalue weighted by Crippen LogP contribution is -2.15. The fourth-order valence-corrected chi connectivity index (χ4v) is 4.47. The summed E-state index contributed by atoms with van der Waals surface area (Å²) in [5.41, 5.74) is 7.53. The van der Waals surface area contributed by atoms with Crippen molar-refractivity contribution < 1.29 is 4.74 Å². The Kier molecular flexibility index (Phi) is 4.79. The molecule has 0 saturated heterocycles. The van der Waals surface area contributed by atoms with Gasteiger partial charge in [-0.2, -0.15) is 5.26 Å². The number of pyridine rings is 1. The van der Waals surface area contributed by atoms with Crippen LogP contribution in [0.1, 0.15) is 5.56 Å². The summed E-state index contributed by atoms with van der Waals surface area (Å²) in [4.78, 5) is 6.50. The van der Waals surface area contributed by atoms with Crippen LogP contribution >= 0.6 is 0 Å². The zero-order valence-electron chi connectivity index (χ0n) is 18.2. The van der Waals surface area contributed by atoms with Gasteiger partial charge in [-0.1, -0.05) is 60.7 Å². The Morgan fingerprint density at radius 2 is 1.35 bits per heavy atom. The normalized spacial score (nSPS) is 11.7. The predicted molar refractivity (Wildman–Crippen MR) is 135 cm³/mol. The van der Waals surface area contributed by atoms with Crippen molar-refractivity contribution in [3.05, 3.63) is 121 Å². The van der Waals surface area contributed by atoms with Crippen molar-refractivity contribution in [1.29, 1.82) is 5.26 Å². The van der Waals surface area contributed by atoms with E-state index in [4.69, 9.17) is 4.74 Å². The van der Waals surface area contributed by atoms with Crippen LogP contribution in [0.25, 0.3) is 22.3 Å². The minimum atomic E-state index is 0.606. The topological polar surface area (TPSA) is 49.2 Å². The number of para-hydroxylation sites is 4. The van der Waals surface area contributed by atoms with Gasteiger partial charge in [0.2, 0.25) is 0 Å². The number of hydrogen-bond acceptors (Lipinski definition) is 4. The Hall–Kier alpha value is -4.88. The Balaban J connectivity index is 1.52. The molecule has 4 aromatic carbocycles. The quantitative estimate of drug-likeness (QED) is 0.283. The summed E-state index contributed by atoms with van der Waals surface area (Å²) >= 11 is 0. The first-order valence-electron chi connectivity index (χ1n) is 11.0. The summed E-state index contributed by atoms with van der Waals surface area (Å²) in [5, 5.41) is 9.65. The number of aromatic nitrogens is 1. The average molecular weight is 438 g/mol. The van der Waals surface area contributed by atoms with E-state index in [1.807, 2.05) is 54.6 Å². The van der Waals surface area contributed by atoms with Crippen LogP contribution in [0.5, 0.6) is 11.5 Å². The van der Waals surface area contributed by atoms with E-state index in [-0.39, 0.29) is 0 Å². The van der Waals surface area contributed by atoms with Gasteiger partial charge >= 0.3 is 0 Å². The lowest BCUT2D eigenvalue weighted by Gasteiger charge is -2.33. The van der Waals surface area contributed by atoms with Crippen LogP contribution < -0.4 is 9.64 Å². The summed E-state index contributed by atoms with van der Waals surface area (Å²) in [6.45, 7) is 0. The van der Waals surface area contributed by atoms with E-state index >= 15 is 0 Å². The largest absolute Gasteiger partial charge is 0.453 e. The van der Waals surface area contributed by atoms with Crippen LogP contribution in [-0.4, -0.2) is 4.98 Å². The van der Waals surface area contributed by atoms with Crippen molar-refractivity contribution in [3.8, 4) is 39.8 Å². The van der Waals surface area contributed by atoms with Crippen LogP contribution in [0.15, 0.2) is 116 Å². The molecule has 2 heterocycles. The standard InChI is InChI=1S/C30H19N3O/c31-19-22-16-17-32-20-26(22)25-11-2-1-10-24(25)21-8-7-9-23(18-21)33-27-12-3-5-14-29(27)34-30-15-6-4-13-28(30)33/h1-18,20H. The van der Waals surface area contributed by atoms with Crippen LogP contribution in [0.3, 0.4) is 0 Å². The molecule has 4 nitrogen and oxygen atoms in total. The highest BCUT2D eigenvalue weighted by Crippen LogP contribution is 2.50. The Bertz CT molecular complexity index is 1520. The number of nitriles is 1. The molecule has 160 valence electrons. The Morgan fingerprint density at radius 1 is 0.676 bits per heavy atom. The van der Waals surface area contributed by atoms with E-state index < -0.39 is 0 Å². The smallest absolute Gasteiger partial charge is 0.151 e. The van der Waals surface area contributed by atoms with Gasteiger partial charge in [0.05, 0.1) is 23.0 Å². The first-order valence-corrected chi connectivity index (χ1v) is 11.0. The van der Waals surface area contributed by atoms with E-state index in [2.05, 4.69) is 58.4 Å². The fourth-order valence-electron chi connectivity index (χ4n) is 4.47. The van der Waals surface area contributed by atoms with Crippen LogP contribution in [0.2, 0.25) is 0 Å². The molecule has 0 fully saturated rings. The molecule has 0 N–H and O–H groups in total. The predicted octanol–water partition coefficient (Wildman–Crippen LogP) is 7.86. The van der Waals surface area contributed by atoms with Gasteiger partial charge in [-0.25, -0.2) is 0 Å². The number of rotatable bonds is 3. The maximum absolute atomic E-state index is 9.65. The lowest BCUT2D eigenvalue weighted by atomic mass is 9.93. The molecule has 34 heavy (non-hydrogen) atoms. The molecular weight excluding hydrogens is 418 g/mol. The van der Waals surface area contributed by atoms with Crippen molar-refractivity contribution in [3.63, 3.8) is 0 Å². The summed E-state index contributed by atoms with van der Waals surface area (Å²) in [7, 11) is 0. The molecule has 0 saturated carbocycles. The van der Waals surface area contributed by atoms with Gasteiger partial charge in [-0.3, -0.25) is 4.98 Å². The van der Waals surface area contributed by atoms with E-state index in [0.717, 1.165) is 50.8 Å². The minimum absolute atomic E-state index is 0.606. The SMILES string of the molecule is N#Cc1ccncc1-c1ccccc1-c1cccc(N2c3ccccc3Oc3ccccc32)c1. The van der Waals surface area contributed by atoms with Crippen molar-refractivity contribution in [2.75, 3.05) is 4.90 Å². The summed E-state index contributed by atoms with van der Waals surface area (Å²) < 4.78 is 6.17. The molecule has 5 aromatic rings. The van der Waals surface area contributed by atoms with Gasteiger partial charge < -0.3 is 9.64 Å². The molecular formula is C30H19N3O. The summed E-state index contributed by atoms with van der Waals surface area (Å²) in [5.74, 6) is 1.64. The van der Waals surface area contributed by atoms with Gasteiger partial charge in [0.15, 0.2) is 11.5 Å². The van der Waals surface area contributed by atoms with Gasteiger partial charge in [-0.15, -0.1) is 0 Å². The van der Waals surface area contributed by atoms with Crippen LogP contribution in [-0.2, 0) is 0 Å². The molecule has 1 aliphatic rings. The number of fused-ring (bicyclic) bond motifs is 2. The molecule has 0 spiro atoms. The molecule has 6 rings (SSSR count). The third kappa shape index (κ3) is 3.28. The van der Waals surface area contributed by atoms with E-state index in [0.29, 0.717) is 5.56 Å². The van der Waals surface area contributed by atoms with Crippen molar-refractivity contribution in [1.82, 2.24) is 4.98 Å². The average Bonchev–Trinajstić information content (AvgIpc) is 2.91. The summed E-state index contributed by atoms with van der Waals surface area (Å²) in [6.07, 6.45) is 3.41. The Morgan fingerprint density at radius 3 is 2.09 bits per heavy atom. The first-order chi connectivity index (χ1) is 16.8. The molecule has 0 aliphatic carbocycles. The fraction of sp³-hybridized carbons (Fsp3) is 0. The zero-order valence-corrected chi connectivity index (χ0v) is 18.2. The molecule has 4 heteroatoms. The van der Waals surface area contributed by atoms with E-state index in [1.165, 1.54) is 0 Å². The molecule has 0 unspecified atom stereocenters. The molecule has 0 bridgehead atoms. The lowest BCUT2D eigenvalue weighted by molar-refractivity contribution is 0.477. The van der Waals surface area contributed by atoms with Crippen molar-refractivity contribution in [2.24, 2.45) is 0 Å². The first kappa shape index (κ1) is 19.8. The second kappa shape index (κ2) is 8.23. The number of hydrogen-bond donors (Lipinski definition) is 0. The highest BCUT2D eigenvalue weighted by Gasteiger charge is 2.25. The Labute approximate surface area is 198 Å². The number of benzene rings is 4. The highest BCUT2D eigenvalue weighted by atomic mass is 16.5. The number of nitrogens with zero attached hydrogens (tertiary/aromatic N) is 3. The zero-order chi connectivity index (χ0) is 22.9. The second-order valence-electron chi connectivity index (χ2n) is 8.00. The van der Waals surface area contributed by atoms with E-state index in [1.54, 1.807) is 18.5 Å². The second-order valence-corrected chi connectivity index (χ2v) is 8.00. The third-order valence-corrected chi connectivity index (χ3v) is 6.01. The van der Waals surface area contributed by atoms with Gasteiger partial charge in [-0.05, 0) is 59.2 Å². The van der Waals surface area contributed by atoms with Gasteiger partial charge in [0, 0.05) is 23.6 Å². The highest BCUT2D eigenvalue weighted by molar-refractivity contribution is 5.90. The number of anilines is 3. The number of ether oxygens (including phenoxy) is 1. The maximum Gasteiger partial charge on any atom is 0.151 e. The molecule has 1 aliphatic heterocycles. The monoisotopic (exact) mass is 437 g/mol. The van der Waals surface area contributed by atoms with Crippen LogP contribution in [0, 0.1) is 11.3 Å². The molecule has 1 aromatic heterocycles. The van der Waals surface area contributed by atoms with Crippen molar-refractivity contribution in [2.45, 2.75) is 0 Å². The van der Waals surface area contributed by atoms with Gasteiger partial charge in [0.25, 0.3) is 0 Å². The summed E-state index contributed by atoms with van der Waals surface area (Å²) in [6, 6.07) is 36.8. The minimum Gasteiger partial charge on any atom is -0.453 e. The van der Waals surface area contributed by atoms with Crippen molar-refractivity contribution >= 4 is 17.1 Å². The molecule has 0 radical (unpaired) electrons. The molecule has 0 amide bonds. The molecule has 0 atom stereocenters. The van der Waals surface area contributed by atoms with Crippen LogP contribution in [0.4, 0.5) is 17.1 Å².